The van der Waals surface area contributed by atoms with E-state index in [1.54, 1.807) is 23.7 Å². The van der Waals surface area contributed by atoms with Gasteiger partial charge in [0.15, 0.2) is 5.72 Å². The van der Waals surface area contributed by atoms with Gasteiger partial charge in [-0.15, -0.1) is 0 Å². The van der Waals surface area contributed by atoms with Crippen LogP contribution in [0, 0.1) is 5.92 Å². The highest BCUT2D eigenvalue weighted by atomic mass is 16.3. The van der Waals surface area contributed by atoms with E-state index in [1.807, 2.05) is 26.0 Å². The van der Waals surface area contributed by atoms with Gasteiger partial charge in [-0.3, -0.25) is 9.59 Å². The highest BCUT2D eigenvalue weighted by Crippen LogP contribution is 2.34. The number of aliphatic hydroxyl groups is 1. The van der Waals surface area contributed by atoms with Crippen molar-refractivity contribution in [3.8, 4) is 0 Å². The van der Waals surface area contributed by atoms with Gasteiger partial charge in [0.25, 0.3) is 5.91 Å². The second-order valence-electron chi connectivity index (χ2n) is 6.04. The van der Waals surface area contributed by atoms with Crippen molar-refractivity contribution in [3.63, 3.8) is 0 Å². The molecule has 1 aromatic carbocycles. The summed E-state index contributed by atoms with van der Waals surface area (Å²) in [5.41, 5.74) is -0.682. The molecule has 1 amide bonds. The molecule has 0 bridgehead atoms. The molecular weight excluding hydrogens is 268 g/mol. The molecule has 1 atom stereocenters. The van der Waals surface area contributed by atoms with Crippen LogP contribution in [0.4, 0.5) is 0 Å². The van der Waals surface area contributed by atoms with Gasteiger partial charge in [0.1, 0.15) is 5.56 Å². The summed E-state index contributed by atoms with van der Waals surface area (Å²) in [5.74, 6) is -0.331. The van der Waals surface area contributed by atoms with Crippen LogP contribution in [0.5, 0.6) is 0 Å². The van der Waals surface area contributed by atoms with Gasteiger partial charge in [-0.05, 0) is 18.1 Å². The highest BCUT2D eigenvalue weighted by Gasteiger charge is 2.45. The summed E-state index contributed by atoms with van der Waals surface area (Å²) >= 11 is 0. The minimum absolute atomic E-state index is 0.0550. The van der Waals surface area contributed by atoms with E-state index in [0.717, 1.165) is 0 Å². The van der Waals surface area contributed by atoms with Crippen molar-refractivity contribution in [1.29, 1.82) is 0 Å². The van der Waals surface area contributed by atoms with E-state index in [2.05, 4.69) is 5.32 Å². The maximum atomic E-state index is 12.6. The summed E-state index contributed by atoms with van der Waals surface area (Å²) in [5, 5.41) is 13.9. The molecule has 0 radical (unpaired) electrons. The summed E-state index contributed by atoms with van der Waals surface area (Å²) < 4.78 is 1.74. The fraction of sp³-hybridized carbons (Fsp3) is 0.375. The first-order valence-electron chi connectivity index (χ1n) is 7.02. The lowest BCUT2D eigenvalue weighted by atomic mass is 9.96. The van der Waals surface area contributed by atoms with E-state index in [4.69, 9.17) is 0 Å². The van der Waals surface area contributed by atoms with Crippen molar-refractivity contribution < 1.29 is 9.90 Å². The van der Waals surface area contributed by atoms with E-state index in [-0.39, 0.29) is 16.9 Å². The molecular formula is C16H18N2O3. The smallest absolute Gasteiger partial charge is 0.259 e. The third kappa shape index (κ3) is 1.88. The lowest BCUT2D eigenvalue weighted by Crippen LogP contribution is -2.41. The number of nitrogens with one attached hydrogen (secondary N) is 1. The predicted molar refractivity (Wildman–Crippen MR) is 80.0 cm³/mol. The first kappa shape index (κ1) is 13.8. The van der Waals surface area contributed by atoms with Crippen molar-refractivity contribution in [2.75, 3.05) is 0 Å². The number of carbonyl (C=O) groups is 1. The molecule has 0 saturated carbocycles. The topological polar surface area (TPSA) is 71.3 Å². The largest absolute Gasteiger partial charge is 0.366 e. The number of aromatic nitrogens is 1. The van der Waals surface area contributed by atoms with Crippen LogP contribution in [0.3, 0.4) is 0 Å². The van der Waals surface area contributed by atoms with Gasteiger partial charge < -0.3 is 15.0 Å². The molecule has 110 valence electrons. The summed E-state index contributed by atoms with van der Waals surface area (Å²) in [6.07, 6.45) is 0.358. The van der Waals surface area contributed by atoms with Crippen LogP contribution in [0.25, 0.3) is 10.9 Å². The van der Waals surface area contributed by atoms with Crippen LogP contribution < -0.4 is 10.7 Å². The Kier molecular flexibility index (Phi) is 2.92. The molecule has 0 saturated heterocycles. The number of fused-ring (bicyclic) bond motifs is 2. The van der Waals surface area contributed by atoms with Gasteiger partial charge in [-0.25, -0.2) is 0 Å². The normalized spacial score (nSPS) is 20.9. The molecule has 3 rings (SSSR count). The van der Waals surface area contributed by atoms with E-state index < -0.39 is 11.6 Å². The average Bonchev–Trinajstić information content (AvgIpc) is 2.66. The van der Waals surface area contributed by atoms with E-state index in [1.165, 1.54) is 0 Å². The summed E-state index contributed by atoms with van der Waals surface area (Å²) in [7, 11) is 1.77. The number of pyridine rings is 1. The highest BCUT2D eigenvalue weighted by molar-refractivity contribution is 6.02. The van der Waals surface area contributed by atoms with Crippen molar-refractivity contribution >= 4 is 16.8 Å². The number of hydrogen-bond donors (Lipinski definition) is 2. The third-order valence-electron chi connectivity index (χ3n) is 3.95. The van der Waals surface area contributed by atoms with Gasteiger partial charge in [0.05, 0.1) is 11.2 Å². The molecule has 2 N–H and O–H groups in total. The van der Waals surface area contributed by atoms with E-state index in [9.17, 15) is 14.7 Å². The number of aryl methyl sites for hydroxylation is 1. The lowest BCUT2D eigenvalue weighted by Gasteiger charge is -2.27. The van der Waals surface area contributed by atoms with E-state index in [0.29, 0.717) is 23.0 Å². The first-order valence-corrected chi connectivity index (χ1v) is 7.02. The molecule has 0 unspecified atom stereocenters. The number of benzene rings is 1. The number of nitrogens with zero attached hydrogens (tertiary/aromatic N) is 1. The Bertz CT molecular complexity index is 807. The number of para-hydroxylation sites is 1. The fourth-order valence-electron chi connectivity index (χ4n) is 3.23. The zero-order valence-electron chi connectivity index (χ0n) is 12.3. The van der Waals surface area contributed by atoms with Gasteiger partial charge in [0, 0.05) is 18.9 Å². The molecule has 1 aliphatic heterocycles. The van der Waals surface area contributed by atoms with E-state index >= 15 is 0 Å². The van der Waals surface area contributed by atoms with Crippen molar-refractivity contribution in [2.45, 2.75) is 26.0 Å². The fourth-order valence-corrected chi connectivity index (χ4v) is 3.23. The van der Waals surface area contributed by atoms with Gasteiger partial charge in [0.2, 0.25) is 5.43 Å². The van der Waals surface area contributed by atoms with Crippen LogP contribution >= 0.6 is 0 Å². The number of amides is 1. The molecule has 21 heavy (non-hydrogen) atoms. The van der Waals surface area contributed by atoms with Crippen LogP contribution in [0.2, 0.25) is 0 Å². The Balaban J connectivity index is 2.41. The Morgan fingerprint density at radius 2 is 1.95 bits per heavy atom. The minimum Gasteiger partial charge on any atom is -0.366 e. The molecule has 0 aliphatic carbocycles. The molecule has 0 fully saturated rings. The summed E-state index contributed by atoms with van der Waals surface area (Å²) in [6, 6.07) is 7.11. The quantitative estimate of drug-likeness (QED) is 0.878. The molecule has 1 aromatic heterocycles. The summed E-state index contributed by atoms with van der Waals surface area (Å²) in [4.78, 5) is 24.8. The van der Waals surface area contributed by atoms with Gasteiger partial charge >= 0.3 is 0 Å². The number of carbonyl (C=O) groups excluding carboxylic acids is 1. The first-order chi connectivity index (χ1) is 9.85. The monoisotopic (exact) mass is 286 g/mol. The van der Waals surface area contributed by atoms with Crippen molar-refractivity contribution in [2.24, 2.45) is 13.0 Å². The third-order valence-corrected chi connectivity index (χ3v) is 3.95. The number of hydrogen-bond acceptors (Lipinski definition) is 3. The molecule has 5 nitrogen and oxygen atoms in total. The van der Waals surface area contributed by atoms with Gasteiger partial charge in [-0.2, -0.15) is 0 Å². The molecule has 2 aromatic rings. The molecule has 2 heterocycles. The Morgan fingerprint density at radius 1 is 1.29 bits per heavy atom. The zero-order chi connectivity index (χ0) is 15.4. The number of rotatable bonds is 2. The Morgan fingerprint density at radius 3 is 2.62 bits per heavy atom. The van der Waals surface area contributed by atoms with Crippen LogP contribution in [0.1, 0.15) is 36.3 Å². The second kappa shape index (κ2) is 4.43. The van der Waals surface area contributed by atoms with Crippen molar-refractivity contribution in [3.05, 3.63) is 45.7 Å². The maximum Gasteiger partial charge on any atom is 0.259 e. The molecule has 5 heteroatoms. The van der Waals surface area contributed by atoms with Crippen molar-refractivity contribution in [1.82, 2.24) is 9.88 Å². The Labute approximate surface area is 122 Å². The van der Waals surface area contributed by atoms with Crippen LogP contribution in [-0.4, -0.2) is 15.6 Å². The van der Waals surface area contributed by atoms with Crippen LogP contribution in [0.15, 0.2) is 29.1 Å². The predicted octanol–water partition coefficient (Wildman–Crippen LogP) is 1.47. The standard InChI is InChI=1S/C16H18N2O3/c1-9(2)8-16(21)14-12(15(20)17-16)13(19)10-6-4-5-7-11(10)18(14)3/h4-7,9,21H,8H2,1-3H3,(H,17,20)/t16-/m1/s1. The molecule has 0 spiro atoms. The van der Waals surface area contributed by atoms with Crippen LogP contribution in [-0.2, 0) is 12.8 Å². The second-order valence-corrected chi connectivity index (χ2v) is 6.04. The minimum atomic E-state index is -1.49. The average molecular weight is 286 g/mol. The Hall–Kier alpha value is -2.14. The zero-order valence-corrected chi connectivity index (χ0v) is 12.3. The maximum absolute atomic E-state index is 12.6. The van der Waals surface area contributed by atoms with Gasteiger partial charge in [-0.1, -0.05) is 26.0 Å². The lowest BCUT2D eigenvalue weighted by molar-refractivity contribution is -0.0104. The SMILES string of the molecule is CC(C)C[C@]1(O)NC(=O)c2c1n(C)c1ccccc1c2=O. The molecule has 1 aliphatic rings. The summed E-state index contributed by atoms with van der Waals surface area (Å²) in [6.45, 7) is 3.92.